The summed E-state index contributed by atoms with van der Waals surface area (Å²) in [4.78, 5) is 11.0. The average Bonchev–Trinajstić information content (AvgIpc) is 2.60. The topological polar surface area (TPSA) is 92.7 Å². The van der Waals surface area contributed by atoms with Crippen molar-refractivity contribution in [3.8, 4) is 0 Å². The van der Waals surface area contributed by atoms with Gasteiger partial charge in [0.1, 0.15) is 0 Å². The fourth-order valence-corrected chi connectivity index (χ4v) is 2.86. The molecule has 0 amide bonds. The molecule has 2 N–H and O–H groups in total. The van der Waals surface area contributed by atoms with E-state index in [1.165, 1.54) is 0 Å². The molecule has 17 heavy (non-hydrogen) atoms. The smallest absolute Gasteiger partial charge is 0.322 e. The Morgan fingerprint density at radius 2 is 2.18 bits per heavy atom. The Bertz CT molecular complexity index is 354. The van der Waals surface area contributed by atoms with Crippen LogP contribution in [0.5, 0.6) is 0 Å². The molecule has 6 nitrogen and oxygen atoms in total. The summed E-state index contributed by atoms with van der Waals surface area (Å²) in [5, 5.41) is 9.53. The quantitative estimate of drug-likeness (QED) is 0.639. The Hall–Kier alpha value is -0.660. The van der Waals surface area contributed by atoms with Crippen LogP contribution in [0.3, 0.4) is 0 Å². The van der Waals surface area contributed by atoms with Crippen LogP contribution in [0.2, 0.25) is 0 Å². The molecule has 1 rings (SSSR count). The molecule has 7 heteroatoms. The first-order valence-electron chi connectivity index (χ1n) is 5.75. The van der Waals surface area contributed by atoms with Gasteiger partial charge in [-0.25, -0.2) is 13.1 Å². The number of ether oxygens (including phenoxy) is 1. The molecule has 1 aliphatic carbocycles. The molecule has 1 aliphatic rings. The highest BCUT2D eigenvalue weighted by atomic mass is 32.2. The third-order valence-electron chi connectivity index (χ3n) is 2.80. The van der Waals surface area contributed by atoms with Crippen LogP contribution in [-0.4, -0.2) is 44.5 Å². The van der Waals surface area contributed by atoms with E-state index in [1.54, 1.807) is 6.92 Å². The van der Waals surface area contributed by atoms with Crippen molar-refractivity contribution in [3.63, 3.8) is 0 Å². The maximum atomic E-state index is 11.5. The number of carbonyl (C=O) groups is 1. The number of carbonyl (C=O) groups excluding carboxylic acids is 1. The zero-order chi connectivity index (χ0) is 12.9. The highest BCUT2D eigenvalue weighted by molar-refractivity contribution is 7.90. The molecular formula is C10H19NO5S. The van der Waals surface area contributed by atoms with Gasteiger partial charge in [-0.05, 0) is 25.7 Å². The Morgan fingerprint density at radius 1 is 1.47 bits per heavy atom. The molecule has 0 aliphatic heterocycles. The van der Waals surface area contributed by atoms with E-state index in [9.17, 15) is 18.3 Å². The summed E-state index contributed by atoms with van der Waals surface area (Å²) >= 11 is 0. The van der Waals surface area contributed by atoms with Gasteiger partial charge in [0.25, 0.3) is 0 Å². The van der Waals surface area contributed by atoms with Crippen molar-refractivity contribution >= 4 is 16.0 Å². The first-order chi connectivity index (χ1) is 7.94. The minimum absolute atomic E-state index is 0.0491. The molecule has 0 aromatic rings. The monoisotopic (exact) mass is 265 g/mol. The highest BCUT2D eigenvalue weighted by Gasteiger charge is 2.27. The van der Waals surface area contributed by atoms with Crippen LogP contribution in [0, 0.1) is 5.92 Å². The van der Waals surface area contributed by atoms with Crippen LogP contribution in [0.1, 0.15) is 26.2 Å². The van der Waals surface area contributed by atoms with E-state index >= 15 is 0 Å². The van der Waals surface area contributed by atoms with Crippen molar-refractivity contribution < 1.29 is 23.1 Å². The third kappa shape index (κ3) is 5.01. The minimum Gasteiger partial charge on any atom is -0.465 e. The van der Waals surface area contributed by atoms with Crippen molar-refractivity contribution in [2.24, 2.45) is 5.92 Å². The van der Waals surface area contributed by atoms with E-state index in [2.05, 4.69) is 9.46 Å². The number of sulfonamides is 1. The standard InChI is InChI=1S/C10H19NO5S/c1-2-16-10(13)7-17(14,15)11-6-8-4-3-5-9(8)12/h8-9,11-12H,2-7H2,1H3. The number of aliphatic hydroxyl groups excluding tert-OH is 1. The maximum Gasteiger partial charge on any atom is 0.322 e. The van der Waals surface area contributed by atoms with Gasteiger partial charge >= 0.3 is 5.97 Å². The van der Waals surface area contributed by atoms with Gasteiger partial charge in [-0.3, -0.25) is 4.79 Å². The van der Waals surface area contributed by atoms with Gasteiger partial charge in [0.15, 0.2) is 5.75 Å². The molecule has 0 aromatic heterocycles. The van der Waals surface area contributed by atoms with Gasteiger partial charge in [-0.15, -0.1) is 0 Å². The zero-order valence-corrected chi connectivity index (χ0v) is 10.7. The lowest BCUT2D eigenvalue weighted by molar-refractivity contribution is -0.139. The van der Waals surface area contributed by atoms with Crippen molar-refractivity contribution in [2.45, 2.75) is 32.3 Å². The Labute approximate surface area is 101 Å². The van der Waals surface area contributed by atoms with Crippen LogP contribution in [0.4, 0.5) is 0 Å². The average molecular weight is 265 g/mol. The summed E-state index contributed by atoms with van der Waals surface area (Å²) in [5.74, 6) is -1.47. The molecule has 0 radical (unpaired) electrons. The second-order valence-corrected chi connectivity index (χ2v) is 5.98. The van der Waals surface area contributed by atoms with Crippen molar-refractivity contribution in [3.05, 3.63) is 0 Å². The number of rotatable bonds is 6. The largest absolute Gasteiger partial charge is 0.465 e. The summed E-state index contributed by atoms with van der Waals surface area (Å²) in [6.07, 6.45) is 1.99. The molecule has 2 atom stereocenters. The number of hydrogen-bond donors (Lipinski definition) is 2. The SMILES string of the molecule is CCOC(=O)CS(=O)(=O)NCC1CCCC1O. The number of nitrogens with one attached hydrogen (secondary N) is 1. The maximum absolute atomic E-state index is 11.5. The van der Waals surface area contributed by atoms with Crippen LogP contribution < -0.4 is 4.72 Å². The summed E-state index contributed by atoms with van der Waals surface area (Å²) in [5.41, 5.74) is 0. The first-order valence-corrected chi connectivity index (χ1v) is 7.41. The lowest BCUT2D eigenvalue weighted by Crippen LogP contribution is -2.36. The van der Waals surface area contributed by atoms with Gasteiger partial charge < -0.3 is 9.84 Å². The normalized spacial score (nSPS) is 24.8. The molecule has 100 valence electrons. The summed E-state index contributed by atoms with van der Waals surface area (Å²) in [6.45, 7) is 1.96. The van der Waals surface area contributed by atoms with E-state index in [1.807, 2.05) is 0 Å². The van der Waals surface area contributed by atoms with Crippen LogP contribution >= 0.6 is 0 Å². The fraction of sp³-hybridized carbons (Fsp3) is 0.900. The lowest BCUT2D eigenvalue weighted by Gasteiger charge is -2.14. The van der Waals surface area contributed by atoms with Gasteiger partial charge in [0.2, 0.25) is 10.0 Å². The minimum atomic E-state index is -3.65. The van der Waals surface area contributed by atoms with E-state index in [4.69, 9.17) is 0 Å². The second kappa shape index (κ2) is 6.32. The summed E-state index contributed by atoms with van der Waals surface area (Å²) < 4.78 is 29.9. The molecular weight excluding hydrogens is 246 g/mol. The number of aliphatic hydroxyl groups is 1. The van der Waals surface area contributed by atoms with Crippen LogP contribution in [0.25, 0.3) is 0 Å². The lowest BCUT2D eigenvalue weighted by atomic mass is 10.1. The fourth-order valence-electron chi connectivity index (χ4n) is 1.90. The predicted molar refractivity (Wildman–Crippen MR) is 61.8 cm³/mol. The molecule has 2 unspecified atom stereocenters. The molecule has 0 spiro atoms. The third-order valence-corrected chi connectivity index (χ3v) is 4.02. The van der Waals surface area contributed by atoms with Crippen molar-refractivity contribution in [1.29, 1.82) is 0 Å². The van der Waals surface area contributed by atoms with E-state index in [0.29, 0.717) is 6.42 Å². The molecule has 0 heterocycles. The Balaban J connectivity index is 2.36. The summed E-state index contributed by atoms with van der Waals surface area (Å²) in [6, 6.07) is 0. The predicted octanol–water partition coefficient (Wildman–Crippen LogP) is -0.370. The number of esters is 1. The van der Waals surface area contributed by atoms with Gasteiger partial charge in [0, 0.05) is 6.54 Å². The van der Waals surface area contributed by atoms with E-state index in [0.717, 1.165) is 12.8 Å². The molecule has 0 saturated heterocycles. The summed E-state index contributed by atoms with van der Waals surface area (Å²) in [7, 11) is -3.65. The van der Waals surface area contributed by atoms with Crippen molar-refractivity contribution in [1.82, 2.24) is 4.72 Å². The van der Waals surface area contributed by atoms with Gasteiger partial charge in [-0.2, -0.15) is 0 Å². The molecule has 0 bridgehead atoms. The van der Waals surface area contributed by atoms with Crippen molar-refractivity contribution in [2.75, 3.05) is 18.9 Å². The van der Waals surface area contributed by atoms with Gasteiger partial charge in [0.05, 0.1) is 12.7 Å². The zero-order valence-electron chi connectivity index (χ0n) is 9.89. The van der Waals surface area contributed by atoms with Gasteiger partial charge in [-0.1, -0.05) is 6.42 Å². The second-order valence-electron chi connectivity index (χ2n) is 4.17. The molecule has 1 saturated carbocycles. The Kier molecular flexibility index (Phi) is 5.35. The number of hydrogen-bond acceptors (Lipinski definition) is 5. The van der Waals surface area contributed by atoms with E-state index in [-0.39, 0.29) is 19.1 Å². The molecule has 1 fully saturated rings. The first kappa shape index (κ1) is 14.4. The van der Waals surface area contributed by atoms with E-state index < -0.39 is 27.8 Å². The Morgan fingerprint density at radius 3 is 2.71 bits per heavy atom. The molecule has 0 aromatic carbocycles. The van der Waals surface area contributed by atoms with Crippen LogP contribution in [-0.2, 0) is 19.6 Å². The van der Waals surface area contributed by atoms with Crippen LogP contribution in [0.15, 0.2) is 0 Å². The highest BCUT2D eigenvalue weighted by Crippen LogP contribution is 2.24.